The molecular weight excluding hydrogens is 240 g/mol. The first-order valence-corrected chi connectivity index (χ1v) is 6.48. The predicted octanol–water partition coefficient (Wildman–Crippen LogP) is 2.34. The van der Waals surface area contributed by atoms with Gasteiger partial charge in [-0.05, 0) is 12.1 Å². The van der Waals surface area contributed by atoms with Gasteiger partial charge in [0.2, 0.25) is 0 Å². The maximum absolute atomic E-state index is 5.31. The van der Waals surface area contributed by atoms with E-state index in [0.29, 0.717) is 11.8 Å². The zero-order valence-corrected chi connectivity index (χ0v) is 10.1. The highest BCUT2D eigenvalue weighted by atomic mass is 32.2. The molecule has 2 aromatic heterocycles. The van der Waals surface area contributed by atoms with E-state index >= 15 is 0 Å². The van der Waals surface area contributed by atoms with E-state index in [0.717, 1.165) is 10.6 Å². The Kier molecular flexibility index (Phi) is 4.05. The number of rotatable bonds is 3. The Morgan fingerprint density at radius 1 is 1.50 bits per heavy atom. The first kappa shape index (κ1) is 11.3. The zero-order valence-electron chi connectivity index (χ0n) is 8.47. The minimum atomic E-state index is 0.401. The van der Waals surface area contributed by atoms with Crippen LogP contribution in [0.25, 0.3) is 0 Å². The smallest absolute Gasteiger partial charge is 0.255 e. The van der Waals surface area contributed by atoms with Crippen molar-refractivity contribution in [1.82, 2.24) is 4.98 Å². The third kappa shape index (κ3) is 3.14. The molecule has 5 heteroatoms. The molecule has 0 unspecified atom stereocenters. The molecule has 0 aliphatic rings. The lowest BCUT2D eigenvalue weighted by molar-refractivity contribution is 0.454. The predicted molar refractivity (Wildman–Crippen MR) is 66.3 cm³/mol. The van der Waals surface area contributed by atoms with Gasteiger partial charge in [-0.1, -0.05) is 23.6 Å². The summed E-state index contributed by atoms with van der Waals surface area (Å²) >= 11 is 3.25. The third-order valence-electron chi connectivity index (χ3n) is 1.72. The SMILES string of the molecule is NCC#Cc1ccc(CSc2ncco2)s1. The van der Waals surface area contributed by atoms with E-state index in [1.165, 1.54) is 4.88 Å². The van der Waals surface area contributed by atoms with E-state index < -0.39 is 0 Å². The van der Waals surface area contributed by atoms with Crippen molar-refractivity contribution in [2.24, 2.45) is 5.73 Å². The number of oxazole rings is 1. The van der Waals surface area contributed by atoms with Crippen LogP contribution in [-0.4, -0.2) is 11.5 Å². The molecule has 2 rings (SSSR count). The van der Waals surface area contributed by atoms with Crippen molar-refractivity contribution in [2.75, 3.05) is 6.54 Å². The minimum Gasteiger partial charge on any atom is -0.440 e. The molecule has 2 N–H and O–H groups in total. The molecule has 0 aliphatic heterocycles. The number of thiophene rings is 1. The molecule has 2 aromatic rings. The molecule has 0 spiro atoms. The van der Waals surface area contributed by atoms with Gasteiger partial charge < -0.3 is 10.2 Å². The minimum absolute atomic E-state index is 0.401. The molecule has 0 radical (unpaired) electrons. The fourth-order valence-corrected chi connectivity index (χ4v) is 2.79. The molecule has 82 valence electrons. The first-order chi connectivity index (χ1) is 7.88. The molecule has 0 fully saturated rings. The lowest BCUT2D eigenvalue weighted by Gasteiger charge is -1.91. The lowest BCUT2D eigenvalue weighted by atomic mass is 10.4. The standard InChI is InChI=1S/C11H10N2OS2/c12-5-1-2-9-3-4-10(16-9)8-15-11-13-6-7-14-11/h3-4,6-7H,5,8,12H2. The van der Waals surface area contributed by atoms with Gasteiger partial charge in [0, 0.05) is 10.6 Å². The maximum Gasteiger partial charge on any atom is 0.255 e. The Morgan fingerprint density at radius 2 is 2.44 bits per heavy atom. The van der Waals surface area contributed by atoms with Gasteiger partial charge in [0.1, 0.15) is 6.26 Å². The molecule has 0 amide bonds. The molecule has 0 bridgehead atoms. The van der Waals surface area contributed by atoms with Crippen LogP contribution < -0.4 is 5.73 Å². The summed E-state index contributed by atoms with van der Waals surface area (Å²) in [5.41, 5.74) is 5.31. The van der Waals surface area contributed by atoms with E-state index in [9.17, 15) is 0 Å². The summed E-state index contributed by atoms with van der Waals surface area (Å²) in [5.74, 6) is 6.71. The van der Waals surface area contributed by atoms with Gasteiger partial charge in [-0.3, -0.25) is 0 Å². The van der Waals surface area contributed by atoms with E-state index in [1.807, 2.05) is 6.07 Å². The topological polar surface area (TPSA) is 52.0 Å². The van der Waals surface area contributed by atoms with Crippen LogP contribution in [0.3, 0.4) is 0 Å². The summed E-state index contributed by atoms with van der Waals surface area (Å²) in [5, 5.41) is 0.697. The van der Waals surface area contributed by atoms with Gasteiger partial charge in [-0.15, -0.1) is 11.3 Å². The average molecular weight is 250 g/mol. The van der Waals surface area contributed by atoms with Gasteiger partial charge in [0.05, 0.1) is 17.6 Å². The average Bonchev–Trinajstić information content (AvgIpc) is 2.95. The molecule has 2 heterocycles. The summed E-state index contributed by atoms with van der Waals surface area (Å²) in [6.45, 7) is 0.401. The summed E-state index contributed by atoms with van der Waals surface area (Å²) in [6.07, 6.45) is 3.23. The van der Waals surface area contributed by atoms with Crippen molar-refractivity contribution in [3.8, 4) is 11.8 Å². The number of thioether (sulfide) groups is 1. The van der Waals surface area contributed by atoms with Crippen LogP contribution in [-0.2, 0) is 5.75 Å². The maximum atomic E-state index is 5.31. The number of nitrogens with zero attached hydrogens (tertiary/aromatic N) is 1. The lowest BCUT2D eigenvalue weighted by Crippen LogP contribution is -1.92. The quantitative estimate of drug-likeness (QED) is 0.671. The van der Waals surface area contributed by atoms with Gasteiger partial charge in [-0.2, -0.15) is 0 Å². The Morgan fingerprint density at radius 3 is 3.19 bits per heavy atom. The highest BCUT2D eigenvalue weighted by Crippen LogP contribution is 2.25. The fourth-order valence-electron chi connectivity index (χ4n) is 1.08. The largest absolute Gasteiger partial charge is 0.440 e. The van der Waals surface area contributed by atoms with E-state index in [1.54, 1.807) is 35.6 Å². The Hall–Kier alpha value is -1.22. The van der Waals surface area contributed by atoms with Crippen molar-refractivity contribution in [1.29, 1.82) is 0 Å². The highest BCUT2D eigenvalue weighted by Gasteiger charge is 2.02. The summed E-state index contributed by atoms with van der Waals surface area (Å²) < 4.78 is 5.14. The Bertz CT molecular complexity index is 494. The second kappa shape index (κ2) is 5.75. The zero-order chi connectivity index (χ0) is 11.2. The molecule has 0 saturated heterocycles. The number of nitrogens with two attached hydrogens (primary N) is 1. The van der Waals surface area contributed by atoms with Crippen LogP contribution >= 0.6 is 23.1 Å². The van der Waals surface area contributed by atoms with Crippen molar-refractivity contribution in [3.63, 3.8) is 0 Å². The summed E-state index contributed by atoms with van der Waals surface area (Å²) in [4.78, 5) is 6.35. The van der Waals surface area contributed by atoms with Crippen LogP contribution in [0.2, 0.25) is 0 Å². The van der Waals surface area contributed by atoms with Gasteiger partial charge in [0.25, 0.3) is 5.22 Å². The normalized spacial score (nSPS) is 9.81. The van der Waals surface area contributed by atoms with Gasteiger partial charge in [0.15, 0.2) is 0 Å². The van der Waals surface area contributed by atoms with Crippen molar-refractivity contribution >= 4 is 23.1 Å². The second-order valence-electron chi connectivity index (χ2n) is 2.86. The molecule has 3 nitrogen and oxygen atoms in total. The Balaban J connectivity index is 1.93. The fraction of sp³-hybridized carbons (Fsp3) is 0.182. The van der Waals surface area contributed by atoms with Gasteiger partial charge >= 0.3 is 0 Å². The van der Waals surface area contributed by atoms with Crippen molar-refractivity contribution in [3.05, 3.63) is 34.3 Å². The molecular formula is C11H10N2OS2. The monoisotopic (exact) mass is 250 g/mol. The third-order valence-corrected chi connectivity index (χ3v) is 3.81. The molecule has 0 aromatic carbocycles. The number of aromatic nitrogens is 1. The second-order valence-corrected chi connectivity index (χ2v) is 4.95. The van der Waals surface area contributed by atoms with Crippen LogP contribution in [0.15, 0.2) is 34.2 Å². The first-order valence-electron chi connectivity index (χ1n) is 4.68. The van der Waals surface area contributed by atoms with E-state index in [-0.39, 0.29) is 0 Å². The van der Waals surface area contributed by atoms with Crippen molar-refractivity contribution in [2.45, 2.75) is 11.0 Å². The molecule has 0 saturated carbocycles. The molecule has 16 heavy (non-hydrogen) atoms. The summed E-state index contributed by atoms with van der Waals surface area (Å²) in [7, 11) is 0. The van der Waals surface area contributed by atoms with Crippen molar-refractivity contribution < 1.29 is 4.42 Å². The number of hydrogen-bond acceptors (Lipinski definition) is 5. The van der Waals surface area contributed by atoms with E-state index in [2.05, 4.69) is 22.9 Å². The highest BCUT2D eigenvalue weighted by molar-refractivity contribution is 7.98. The summed E-state index contributed by atoms with van der Waals surface area (Å²) in [6, 6.07) is 4.08. The van der Waals surface area contributed by atoms with Gasteiger partial charge in [-0.25, -0.2) is 4.98 Å². The molecule has 0 atom stereocenters. The number of hydrogen-bond donors (Lipinski definition) is 1. The molecule has 0 aliphatic carbocycles. The Labute approximate surface area is 102 Å². The van der Waals surface area contributed by atoms with Crippen LogP contribution in [0.5, 0.6) is 0 Å². The van der Waals surface area contributed by atoms with E-state index in [4.69, 9.17) is 10.2 Å². The van der Waals surface area contributed by atoms with Crippen LogP contribution in [0, 0.1) is 11.8 Å². The van der Waals surface area contributed by atoms with Crippen LogP contribution in [0.1, 0.15) is 9.75 Å². The van der Waals surface area contributed by atoms with Crippen LogP contribution in [0.4, 0.5) is 0 Å².